The Bertz CT molecular complexity index is 633. The molecule has 0 saturated heterocycles. The lowest BCUT2D eigenvalue weighted by Crippen LogP contribution is -2.24. The molecule has 2 aromatic rings. The van der Waals surface area contributed by atoms with Gasteiger partial charge in [0.05, 0.1) is 0 Å². The van der Waals surface area contributed by atoms with Gasteiger partial charge in [0.1, 0.15) is 0 Å². The summed E-state index contributed by atoms with van der Waals surface area (Å²) in [5, 5.41) is 2.78. The minimum atomic E-state index is -0.495. The summed E-state index contributed by atoms with van der Waals surface area (Å²) in [7, 11) is 0. The molecule has 0 atom stereocenters. The van der Waals surface area contributed by atoms with Gasteiger partial charge in [-0.1, -0.05) is 35.9 Å². The van der Waals surface area contributed by atoms with Crippen molar-refractivity contribution in [3.63, 3.8) is 0 Å². The second-order valence-corrected chi connectivity index (χ2v) is 4.57. The maximum atomic E-state index is 12.0. The molecule has 0 aliphatic heterocycles. The van der Waals surface area contributed by atoms with Crippen LogP contribution in [0.2, 0.25) is 0 Å². The maximum Gasteiger partial charge on any atom is 0.251 e. The Morgan fingerprint density at radius 2 is 1.70 bits per heavy atom. The average Bonchev–Trinajstić information content (AvgIpc) is 2.45. The number of rotatable bonds is 4. The zero-order valence-electron chi connectivity index (χ0n) is 11.2. The molecule has 4 heteroatoms. The van der Waals surface area contributed by atoms with E-state index in [1.54, 1.807) is 36.4 Å². The number of primary amides is 1. The van der Waals surface area contributed by atoms with Crippen LogP contribution in [0.1, 0.15) is 31.8 Å². The van der Waals surface area contributed by atoms with Crippen molar-refractivity contribution in [1.29, 1.82) is 0 Å². The number of carbonyl (C=O) groups is 2. The van der Waals surface area contributed by atoms with Crippen molar-refractivity contribution in [2.75, 3.05) is 0 Å². The fourth-order valence-electron chi connectivity index (χ4n) is 1.90. The van der Waals surface area contributed by atoms with Crippen molar-refractivity contribution < 1.29 is 9.59 Å². The molecule has 20 heavy (non-hydrogen) atoms. The number of nitrogens with two attached hydrogens (primary N) is 1. The molecular weight excluding hydrogens is 252 g/mol. The summed E-state index contributed by atoms with van der Waals surface area (Å²) >= 11 is 0. The van der Waals surface area contributed by atoms with Crippen LogP contribution in [0, 0.1) is 6.92 Å². The number of carbonyl (C=O) groups excluding carboxylic acids is 2. The highest BCUT2D eigenvalue weighted by molar-refractivity contribution is 5.96. The lowest BCUT2D eigenvalue weighted by Gasteiger charge is -2.08. The second kappa shape index (κ2) is 6.02. The van der Waals surface area contributed by atoms with E-state index in [9.17, 15) is 9.59 Å². The van der Waals surface area contributed by atoms with Crippen LogP contribution in [0.3, 0.4) is 0 Å². The van der Waals surface area contributed by atoms with Gasteiger partial charge < -0.3 is 11.1 Å². The van der Waals surface area contributed by atoms with E-state index in [4.69, 9.17) is 5.73 Å². The normalized spacial score (nSPS) is 10.1. The molecule has 0 aromatic heterocycles. The highest BCUT2D eigenvalue weighted by Crippen LogP contribution is 2.08. The third-order valence-corrected chi connectivity index (χ3v) is 3.04. The van der Waals surface area contributed by atoms with Crippen molar-refractivity contribution in [2.45, 2.75) is 13.5 Å². The Hall–Kier alpha value is -2.62. The molecule has 0 bridgehead atoms. The first-order valence-corrected chi connectivity index (χ1v) is 6.30. The molecule has 0 spiro atoms. The standard InChI is InChI=1S/C16H16N2O2/c1-11-6-8-12(9-7-11)16(20)18-10-13-4-2-3-5-14(13)15(17)19/h2-9H,10H2,1H3,(H2,17,19)(H,18,20). The van der Waals surface area contributed by atoms with Gasteiger partial charge in [-0.3, -0.25) is 9.59 Å². The molecule has 102 valence electrons. The Labute approximate surface area is 117 Å². The minimum absolute atomic E-state index is 0.177. The predicted molar refractivity (Wildman–Crippen MR) is 77.3 cm³/mol. The van der Waals surface area contributed by atoms with E-state index in [2.05, 4.69) is 5.32 Å². The first-order chi connectivity index (χ1) is 9.58. The predicted octanol–water partition coefficient (Wildman–Crippen LogP) is 2.02. The maximum absolute atomic E-state index is 12.0. The van der Waals surface area contributed by atoms with Gasteiger partial charge in [-0.2, -0.15) is 0 Å². The third-order valence-electron chi connectivity index (χ3n) is 3.04. The fourth-order valence-corrected chi connectivity index (χ4v) is 1.90. The summed E-state index contributed by atoms with van der Waals surface area (Å²) < 4.78 is 0. The molecule has 3 N–H and O–H groups in total. The Morgan fingerprint density at radius 3 is 2.35 bits per heavy atom. The van der Waals surface area contributed by atoms with Crippen molar-refractivity contribution >= 4 is 11.8 Å². The molecule has 0 fully saturated rings. The molecule has 0 aliphatic rings. The number of benzene rings is 2. The molecule has 0 heterocycles. The molecule has 0 unspecified atom stereocenters. The fraction of sp³-hybridized carbons (Fsp3) is 0.125. The second-order valence-electron chi connectivity index (χ2n) is 4.57. The number of hydrogen-bond donors (Lipinski definition) is 2. The lowest BCUT2D eigenvalue weighted by molar-refractivity contribution is 0.0946. The van der Waals surface area contributed by atoms with Crippen molar-refractivity contribution in [1.82, 2.24) is 5.32 Å². The van der Waals surface area contributed by atoms with Crippen LogP contribution in [0.5, 0.6) is 0 Å². The van der Waals surface area contributed by atoms with E-state index in [-0.39, 0.29) is 12.5 Å². The van der Waals surface area contributed by atoms with Gasteiger partial charge in [0.15, 0.2) is 0 Å². The van der Waals surface area contributed by atoms with Crippen LogP contribution in [0.4, 0.5) is 0 Å². The van der Waals surface area contributed by atoms with E-state index in [0.29, 0.717) is 16.7 Å². The Balaban J connectivity index is 2.07. The average molecular weight is 268 g/mol. The Morgan fingerprint density at radius 1 is 1.05 bits per heavy atom. The van der Waals surface area contributed by atoms with Gasteiger partial charge in [0, 0.05) is 17.7 Å². The first-order valence-electron chi connectivity index (χ1n) is 6.30. The monoisotopic (exact) mass is 268 g/mol. The molecular formula is C16H16N2O2. The third kappa shape index (κ3) is 3.23. The number of aryl methyl sites for hydroxylation is 1. The molecule has 0 saturated carbocycles. The number of nitrogens with one attached hydrogen (secondary N) is 1. The van der Waals surface area contributed by atoms with E-state index >= 15 is 0 Å². The molecule has 0 aliphatic carbocycles. The summed E-state index contributed by atoms with van der Waals surface area (Å²) in [5.41, 5.74) is 8.12. The van der Waals surface area contributed by atoms with E-state index in [0.717, 1.165) is 5.56 Å². The largest absolute Gasteiger partial charge is 0.366 e. The van der Waals surface area contributed by atoms with Gasteiger partial charge in [-0.25, -0.2) is 0 Å². The zero-order valence-corrected chi connectivity index (χ0v) is 11.2. The van der Waals surface area contributed by atoms with E-state index in [1.165, 1.54) is 0 Å². The molecule has 2 amide bonds. The van der Waals surface area contributed by atoms with Gasteiger partial charge >= 0.3 is 0 Å². The molecule has 2 rings (SSSR count). The quantitative estimate of drug-likeness (QED) is 0.890. The lowest BCUT2D eigenvalue weighted by atomic mass is 10.1. The van der Waals surface area contributed by atoms with Crippen molar-refractivity contribution in [3.05, 3.63) is 70.8 Å². The first kappa shape index (κ1) is 13.8. The topological polar surface area (TPSA) is 72.2 Å². The van der Waals surface area contributed by atoms with Crippen LogP contribution >= 0.6 is 0 Å². The van der Waals surface area contributed by atoms with Crippen molar-refractivity contribution in [3.8, 4) is 0 Å². The van der Waals surface area contributed by atoms with Crippen LogP contribution < -0.4 is 11.1 Å². The Kier molecular flexibility index (Phi) is 4.15. The molecule has 0 radical (unpaired) electrons. The van der Waals surface area contributed by atoms with Crippen LogP contribution in [-0.2, 0) is 6.54 Å². The number of amides is 2. The zero-order chi connectivity index (χ0) is 14.5. The van der Waals surface area contributed by atoms with Crippen molar-refractivity contribution in [2.24, 2.45) is 5.73 Å². The minimum Gasteiger partial charge on any atom is -0.366 e. The van der Waals surface area contributed by atoms with Crippen LogP contribution in [-0.4, -0.2) is 11.8 Å². The molecule has 4 nitrogen and oxygen atoms in total. The SMILES string of the molecule is Cc1ccc(C(=O)NCc2ccccc2C(N)=O)cc1. The smallest absolute Gasteiger partial charge is 0.251 e. The molecule has 2 aromatic carbocycles. The summed E-state index contributed by atoms with van der Waals surface area (Å²) in [6.45, 7) is 2.23. The van der Waals surface area contributed by atoms with Gasteiger partial charge in [0.25, 0.3) is 5.91 Å². The summed E-state index contributed by atoms with van der Waals surface area (Å²) in [4.78, 5) is 23.3. The van der Waals surface area contributed by atoms with Gasteiger partial charge in [-0.05, 0) is 30.7 Å². The number of hydrogen-bond acceptors (Lipinski definition) is 2. The van der Waals surface area contributed by atoms with Crippen LogP contribution in [0.15, 0.2) is 48.5 Å². The van der Waals surface area contributed by atoms with E-state index in [1.807, 2.05) is 19.1 Å². The summed E-state index contributed by atoms with van der Waals surface area (Å²) in [6, 6.07) is 14.3. The van der Waals surface area contributed by atoms with Gasteiger partial charge in [-0.15, -0.1) is 0 Å². The van der Waals surface area contributed by atoms with E-state index < -0.39 is 5.91 Å². The summed E-state index contributed by atoms with van der Waals surface area (Å²) in [6.07, 6.45) is 0. The van der Waals surface area contributed by atoms with Gasteiger partial charge in [0.2, 0.25) is 5.91 Å². The highest BCUT2D eigenvalue weighted by atomic mass is 16.2. The van der Waals surface area contributed by atoms with Crippen LogP contribution in [0.25, 0.3) is 0 Å². The highest BCUT2D eigenvalue weighted by Gasteiger charge is 2.09. The summed E-state index contributed by atoms with van der Waals surface area (Å²) in [5.74, 6) is -0.672.